The van der Waals surface area contributed by atoms with E-state index in [-0.39, 0.29) is 12.5 Å². The molecule has 0 aliphatic heterocycles. The van der Waals surface area contributed by atoms with Crippen molar-refractivity contribution in [3.63, 3.8) is 0 Å². The van der Waals surface area contributed by atoms with Crippen LogP contribution in [0.3, 0.4) is 0 Å². The van der Waals surface area contributed by atoms with Crippen LogP contribution >= 0.6 is 22.6 Å². The van der Waals surface area contributed by atoms with Gasteiger partial charge in [-0.3, -0.25) is 9.10 Å². The highest BCUT2D eigenvalue weighted by Gasteiger charge is 2.22. The summed E-state index contributed by atoms with van der Waals surface area (Å²) in [7, 11) is -3.59. The van der Waals surface area contributed by atoms with Gasteiger partial charge in [-0.15, -0.1) is 0 Å². The van der Waals surface area contributed by atoms with E-state index in [0.29, 0.717) is 11.4 Å². The van der Waals surface area contributed by atoms with Crippen LogP contribution in [0.25, 0.3) is 0 Å². The summed E-state index contributed by atoms with van der Waals surface area (Å²) in [4.78, 5) is 12.4. The molecule has 0 spiro atoms. The predicted molar refractivity (Wildman–Crippen MR) is 111 cm³/mol. The number of carbonyl (C=O) groups is 1. The molecular weight excluding hydrogens is 451 g/mol. The molecule has 0 saturated heterocycles. The Kier molecular flexibility index (Phi) is 6.10. The van der Waals surface area contributed by atoms with Crippen molar-refractivity contribution in [2.75, 3.05) is 22.4 Å². The molecule has 0 aliphatic carbocycles. The number of nitrogens with one attached hydrogen (secondary N) is 1. The first kappa shape index (κ1) is 19.7. The van der Waals surface area contributed by atoms with E-state index >= 15 is 0 Å². The Bertz CT molecular complexity index is 911. The fraction of sp³-hybridized carbons (Fsp3) is 0.278. The molecule has 1 N–H and O–H groups in total. The highest BCUT2D eigenvalue weighted by Crippen LogP contribution is 2.24. The van der Waals surface area contributed by atoms with Gasteiger partial charge in [-0.1, -0.05) is 17.7 Å². The van der Waals surface area contributed by atoms with Crippen LogP contribution in [0, 0.1) is 24.3 Å². The van der Waals surface area contributed by atoms with E-state index in [4.69, 9.17) is 0 Å². The number of anilines is 2. The average molecular weight is 472 g/mol. The number of rotatable bonds is 5. The van der Waals surface area contributed by atoms with Gasteiger partial charge in [-0.05, 0) is 78.8 Å². The average Bonchev–Trinajstić information content (AvgIpc) is 2.47. The second-order valence-corrected chi connectivity index (χ2v) is 9.22. The number of amides is 1. The summed E-state index contributed by atoms with van der Waals surface area (Å²) >= 11 is 2.20. The Labute approximate surface area is 162 Å². The molecule has 2 aromatic carbocycles. The Morgan fingerprint density at radius 3 is 2.32 bits per heavy atom. The number of carbonyl (C=O) groups excluding carboxylic acids is 1. The van der Waals surface area contributed by atoms with Gasteiger partial charge in [0.25, 0.3) is 0 Å². The monoisotopic (exact) mass is 472 g/mol. The van der Waals surface area contributed by atoms with Crippen molar-refractivity contribution in [1.29, 1.82) is 0 Å². The second kappa shape index (κ2) is 7.74. The summed E-state index contributed by atoms with van der Waals surface area (Å²) in [5, 5.41) is 2.79. The third kappa shape index (κ3) is 5.18. The normalized spacial score (nSPS) is 11.2. The maximum absolute atomic E-state index is 12.4. The van der Waals surface area contributed by atoms with E-state index < -0.39 is 10.0 Å². The summed E-state index contributed by atoms with van der Waals surface area (Å²) in [6, 6.07) is 11.1. The number of aryl methyl sites for hydroxylation is 3. The maximum Gasteiger partial charge on any atom is 0.245 e. The minimum atomic E-state index is -3.59. The number of sulfonamides is 1. The van der Waals surface area contributed by atoms with Gasteiger partial charge in [0.1, 0.15) is 6.54 Å². The largest absolute Gasteiger partial charge is 0.324 e. The molecule has 1 amide bonds. The number of hydrogen-bond acceptors (Lipinski definition) is 3. The lowest BCUT2D eigenvalue weighted by Gasteiger charge is -2.24. The summed E-state index contributed by atoms with van der Waals surface area (Å²) in [6.45, 7) is 5.40. The fourth-order valence-corrected chi connectivity index (χ4v) is 4.11. The molecule has 0 unspecified atom stereocenters. The van der Waals surface area contributed by atoms with Gasteiger partial charge in [0.05, 0.1) is 11.9 Å². The fourth-order valence-electron chi connectivity index (χ4n) is 2.55. The standard InChI is InChI=1S/C18H21IN2O3S/c1-12-5-8-17(14(3)9-12)21(25(4,23)24)11-18(22)20-16-7-6-15(19)10-13(16)2/h5-10H,11H2,1-4H3,(H,20,22). The molecule has 0 fully saturated rings. The van der Waals surface area contributed by atoms with E-state index in [1.807, 2.05) is 51.1 Å². The molecule has 0 radical (unpaired) electrons. The number of halogens is 1. The summed E-state index contributed by atoms with van der Waals surface area (Å²) in [5.41, 5.74) is 3.97. The highest BCUT2D eigenvalue weighted by molar-refractivity contribution is 14.1. The van der Waals surface area contributed by atoms with Crippen molar-refractivity contribution in [1.82, 2.24) is 0 Å². The lowest BCUT2D eigenvalue weighted by Crippen LogP contribution is -2.38. The summed E-state index contributed by atoms with van der Waals surface area (Å²) < 4.78 is 26.6. The first-order valence-corrected chi connectivity index (χ1v) is 10.6. The quantitative estimate of drug-likeness (QED) is 0.677. The third-order valence-electron chi connectivity index (χ3n) is 3.77. The lowest BCUT2D eigenvalue weighted by molar-refractivity contribution is -0.114. The van der Waals surface area contributed by atoms with Crippen LogP contribution in [0.4, 0.5) is 11.4 Å². The van der Waals surface area contributed by atoms with Crippen LogP contribution in [0.2, 0.25) is 0 Å². The first-order chi connectivity index (χ1) is 11.6. The van der Waals surface area contributed by atoms with Crippen molar-refractivity contribution in [2.45, 2.75) is 20.8 Å². The summed E-state index contributed by atoms with van der Waals surface area (Å²) in [5.74, 6) is -0.380. The molecule has 0 saturated carbocycles. The summed E-state index contributed by atoms with van der Waals surface area (Å²) in [6.07, 6.45) is 1.11. The van der Waals surface area contributed by atoms with Crippen molar-refractivity contribution in [3.05, 3.63) is 56.7 Å². The van der Waals surface area contributed by atoms with Crippen molar-refractivity contribution in [3.8, 4) is 0 Å². The zero-order valence-electron chi connectivity index (χ0n) is 14.6. The Morgan fingerprint density at radius 1 is 1.08 bits per heavy atom. The molecule has 7 heteroatoms. The Hall–Kier alpha value is -1.61. The topological polar surface area (TPSA) is 66.5 Å². The number of hydrogen-bond donors (Lipinski definition) is 1. The second-order valence-electron chi connectivity index (χ2n) is 6.07. The predicted octanol–water partition coefficient (Wildman–Crippen LogP) is 3.62. The van der Waals surface area contributed by atoms with Gasteiger partial charge in [-0.25, -0.2) is 8.42 Å². The lowest BCUT2D eigenvalue weighted by atomic mass is 10.1. The molecule has 0 atom stereocenters. The maximum atomic E-state index is 12.4. The van der Waals surface area contributed by atoms with Crippen molar-refractivity contribution in [2.24, 2.45) is 0 Å². The van der Waals surface area contributed by atoms with E-state index in [2.05, 4.69) is 27.9 Å². The molecule has 25 heavy (non-hydrogen) atoms. The molecule has 134 valence electrons. The molecule has 0 aromatic heterocycles. The zero-order valence-corrected chi connectivity index (χ0v) is 17.6. The molecule has 2 rings (SSSR count). The van der Waals surface area contributed by atoms with Crippen LogP contribution in [-0.4, -0.2) is 27.1 Å². The van der Waals surface area contributed by atoms with Gasteiger partial charge < -0.3 is 5.32 Å². The minimum Gasteiger partial charge on any atom is -0.324 e. The van der Waals surface area contributed by atoms with Gasteiger partial charge in [0, 0.05) is 9.26 Å². The van der Waals surface area contributed by atoms with Gasteiger partial charge in [0.2, 0.25) is 15.9 Å². The van der Waals surface area contributed by atoms with Crippen LogP contribution in [0.15, 0.2) is 36.4 Å². The first-order valence-electron chi connectivity index (χ1n) is 7.69. The molecule has 0 aliphatic rings. The molecular formula is C18H21IN2O3S. The van der Waals surface area contributed by atoms with E-state index in [1.165, 1.54) is 0 Å². The zero-order chi connectivity index (χ0) is 18.8. The van der Waals surface area contributed by atoms with Crippen molar-refractivity contribution >= 4 is 49.9 Å². The number of benzene rings is 2. The van der Waals surface area contributed by atoms with Gasteiger partial charge in [-0.2, -0.15) is 0 Å². The SMILES string of the molecule is Cc1ccc(N(CC(=O)Nc2ccc(I)cc2C)S(C)(=O)=O)c(C)c1. The van der Waals surface area contributed by atoms with Crippen LogP contribution in [-0.2, 0) is 14.8 Å². The smallest absolute Gasteiger partial charge is 0.245 e. The van der Waals surface area contributed by atoms with E-state index in [9.17, 15) is 13.2 Å². The Balaban J connectivity index is 2.27. The van der Waals surface area contributed by atoms with Gasteiger partial charge in [0.15, 0.2) is 0 Å². The van der Waals surface area contributed by atoms with Crippen LogP contribution in [0.5, 0.6) is 0 Å². The molecule has 5 nitrogen and oxygen atoms in total. The van der Waals surface area contributed by atoms with E-state index in [0.717, 1.165) is 30.8 Å². The van der Waals surface area contributed by atoms with E-state index in [1.54, 1.807) is 6.07 Å². The highest BCUT2D eigenvalue weighted by atomic mass is 127. The molecule has 0 bridgehead atoms. The van der Waals surface area contributed by atoms with Crippen LogP contribution in [0.1, 0.15) is 16.7 Å². The van der Waals surface area contributed by atoms with Crippen molar-refractivity contribution < 1.29 is 13.2 Å². The molecule has 0 heterocycles. The molecule has 2 aromatic rings. The third-order valence-corrected chi connectivity index (χ3v) is 5.57. The van der Waals surface area contributed by atoms with Crippen LogP contribution < -0.4 is 9.62 Å². The minimum absolute atomic E-state index is 0.270. The van der Waals surface area contributed by atoms with Gasteiger partial charge >= 0.3 is 0 Å². The number of nitrogens with zero attached hydrogens (tertiary/aromatic N) is 1. The Morgan fingerprint density at radius 2 is 1.76 bits per heavy atom.